The van der Waals surface area contributed by atoms with Crippen LogP contribution in [0.3, 0.4) is 0 Å². The van der Waals surface area contributed by atoms with Crippen LogP contribution in [-0.2, 0) is 0 Å². The molecule has 2 rings (SSSR count). The number of nitrogens with zero attached hydrogens (tertiary/aromatic N) is 1. The molecule has 5 heteroatoms. The van der Waals surface area contributed by atoms with Crippen LogP contribution in [0.4, 0.5) is 14.5 Å². The van der Waals surface area contributed by atoms with Crippen LogP contribution in [0.2, 0.25) is 0 Å². The number of hydrogen-bond acceptors (Lipinski definition) is 2. The number of aromatic amines is 1. The third-order valence-corrected chi connectivity index (χ3v) is 2.63. The number of hydrogen-bond donors (Lipinski definition) is 2. The first-order chi connectivity index (χ1) is 8.09. The molecule has 0 saturated carbocycles. The summed E-state index contributed by atoms with van der Waals surface area (Å²) in [5.74, 6) is -1.16. The maximum Gasteiger partial charge on any atom is 0.152 e. The van der Waals surface area contributed by atoms with E-state index in [-0.39, 0.29) is 11.7 Å². The summed E-state index contributed by atoms with van der Waals surface area (Å²) in [7, 11) is 0. The average Bonchev–Trinajstić information content (AvgIpc) is 2.83. The van der Waals surface area contributed by atoms with Gasteiger partial charge in [0.2, 0.25) is 0 Å². The number of anilines is 1. The largest absolute Gasteiger partial charge is 0.372 e. The van der Waals surface area contributed by atoms with Crippen LogP contribution in [0.25, 0.3) is 0 Å². The number of H-pyrrole nitrogens is 1. The lowest BCUT2D eigenvalue weighted by Gasteiger charge is -2.15. The first kappa shape index (κ1) is 11.6. The molecule has 0 saturated heterocycles. The van der Waals surface area contributed by atoms with Crippen molar-refractivity contribution in [2.75, 3.05) is 5.32 Å². The highest BCUT2D eigenvalue weighted by atomic mass is 19.1. The van der Waals surface area contributed by atoms with E-state index in [4.69, 9.17) is 0 Å². The first-order valence-electron chi connectivity index (χ1n) is 5.30. The van der Waals surface area contributed by atoms with Crippen molar-refractivity contribution >= 4 is 5.69 Å². The molecule has 0 aliphatic carbocycles. The third kappa shape index (κ3) is 2.27. The van der Waals surface area contributed by atoms with Crippen LogP contribution in [0.15, 0.2) is 24.4 Å². The number of halogens is 2. The Bertz CT molecular complexity index is 509. The van der Waals surface area contributed by atoms with Gasteiger partial charge in [0.05, 0.1) is 11.7 Å². The maximum atomic E-state index is 13.7. The number of aromatic nitrogens is 2. The van der Waals surface area contributed by atoms with Crippen molar-refractivity contribution in [2.45, 2.75) is 19.9 Å². The normalized spacial score (nSPS) is 12.5. The van der Waals surface area contributed by atoms with Crippen molar-refractivity contribution in [1.29, 1.82) is 0 Å². The van der Waals surface area contributed by atoms with Crippen LogP contribution in [-0.4, -0.2) is 10.2 Å². The van der Waals surface area contributed by atoms with Gasteiger partial charge < -0.3 is 5.32 Å². The van der Waals surface area contributed by atoms with Gasteiger partial charge in [-0.05, 0) is 31.5 Å². The molecule has 0 aliphatic heterocycles. The van der Waals surface area contributed by atoms with E-state index in [1.165, 1.54) is 12.1 Å². The fraction of sp³-hybridized carbons (Fsp3) is 0.250. The summed E-state index contributed by atoms with van der Waals surface area (Å²) < 4.78 is 27.2. The molecule has 1 aromatic carbocycles. The highest BCUT2D eigenvalue weighted by molar-refractivity contribution is 5.50. The number of aryl methyl sites for hydroxylation is 1. The fourth-order valence-corrected chi connectivity index (χ4v) is 1.59. The lowest BCUT2D eigenvalue weighted by atomic mass is 10.1. The van der Waals surface area contributed by atoms with Crippen LogP contribution in [0.1, 0.15) is 24.2 Å². The van der Waals surface area contributed by atoms with Crippen molar-refractivity contribution < 1.29 is 8.78 Å². The van der Waals surface area contributed by atoms with Gasteiger partial charge in [-0.3, -0.25) is 5.10 Å². The summed E-state index contributed by atoms with van der Waals surface area (Å²) in [6.45, 7) is 3.40. The minimum Gasteiger partial charge on any atom is -0.372 e. The summed E-state index contributed by atoms with van der Waals surface area (Å²) in [6.07, 6.45) is 1.59. The van der Waals surface area contributed by atoms with Gasteiger partial charge in [0.15, 0.2) is 5.82 Å². The van der Waals surface area contributed by atoms with Crippen LogP contribution in [0, 0.1) is 18.6 Å². The van der Waals surface area contributed by atoms with Gasteiger partial charge in [0.25, 0.3) is 0 Å². The van der Waals surface area contributed by atoms with E-state index in [9.17, 15) is 8.78 Å². The molecule has 1 atom stereocenters. The summed E-state index contributed by atoms with van der Waals surface area (Å²) in [5, 5.41) is 9.35. The van der Waals surface area contributed by atoms with Crippen molar-refractivity contribution in [3.8, 4) is 0 Å². The van der Waals surface area contributed by atoms with Gasteiger partial charge in [-0.15, -0.1) is 0 Å². The molecule has 2 aromatic rings. The summed E-state index contributed by atoms with van der Waals surface area (Å²) in [6, 6.07) is 4.17. The molecular formula is C12H13F2N3. The van der Waals surface area contributed by atoms with Crippen LogP contribution in [0.5, 0.6) is 0 Å². The Balaban J connectivity index is 2.27. The lowest BCUT2D eigenvalue weighted by molar-refractivity contribution is 0.578. The van der Waals surface area contributed by atoms with Crippen molar-refractivity contribution in [3.63, 3.8) is 0 Å². The Morgan fingerprint density at radius 3 is 2.71 bits per heavy atom. The Kier molecular flexibility index (Phi) is 3.08. The molecule has 0 fully saturated rings. The Labute approximate surface area is 97.9 Å². The topological polar surface area (TPSA) is 40.7 Å². The molecular weight excluding hydrogens is 224 g/mol. The van der Waals surface area contributed by atoms with Gasteiger partial charge >= 0.3 is 0 Å². The van der Waals surface area contributed by atoms with Crippen LogP contribution < -0.4 is 5.32 Å². The molecule has 17 heavy (non-hydrogen) atoms. The smallest absolute Gasteiger partial charge is 0.152 e. The maximum absolute atomic E-state index is 13.7. The zero-order valence-corrected chi connectivity index (χ0v) is 9.59. The van der Waals surface area contributed by atoms with Crippen molar-refractivity contribution in [3.05, 3.63) is 47.3 Å². The van der Waals surface area contributed by atoms with Gasteiger partial charge in [-0.25, -0.2) is 8.78 Å². The fourth-order valence-electron chi connectivity index (χ4n) is 1.59. The molecule has 1 heterocycles. The third-order valence-electron chi connectivity index (χ3n) is 2.63. The van der Waals surface area contributed by atoms with E-state index in [0.717, 1.165) is 5.69 Å². The molecule has 3 nitrogen and oxygen atoms in total. The number of rotatable bonds is 3. The van der Waals surface area contributed by atoms with Crippen molar-refractivity contribution in [2.24, 2.45) is 0 Å². The average molecular weight is 237 g/mol. The molecule has 0 bridgehead atoms. The van der Waals surface area contributed by atoms with E-state index in [2.05, 4.69) is 15.5 Å². The number of benzene rings is 1. The highest BCUT2D eigenvalue weighted by Gasteiger charge is 2.15. The zero-order chi connectivity index (χ0) is 12.4. The predicted octanol–water partition coefficient (Wildman–Crippen LogP) is 3.17. The minimum atomic E-state index is -0.598. The highest BCUT2D eigenvalue weighted by Crippen LogP contribution is 2.25. The Hall–Kier alpha value is -1.91. The molecule has 0 radical (unpaired) electrons. The molecule has 0 amide bonds. The second-order valence-electron chi connectivity index (χ2n) is 3.93. The standard InChI is InChI=1S/C12H13F2N3/c1-7-3-4-9(13)12(11(7)14)16-8(2)10-5-6-15-17-10/h3-6,8,16H,1-2H3,(H,15,17). The van der Waals surface area contributed by atoms with E-state index in [1.54, 1.807) is 26.1 Å². The van der Waals surface area contributed by atoms with E-state index >= 15 is 0 Å². The summed E-state index contributed by atoms with van der Waals surface area (Å²) in [5.41, 5.74) is 1.07. The van der Waals surface area contributed by atoms with Gasteiger partial charge in [0.1, 0.15) is 11.5 Å². The van der Waals surface area contributed by atoms with Crippen LogP contribution >= 0.6 is 0 Å². The van der Waals surface area contributed by atoms with Gasteiger partial charge in [-0.1, -0.05) is 6.07 Å². The summed E-state index contributed by atoms with van der Waals surface area (Å²) >= 11 is 0. The summed E-state index contributed by atoms with van der Waals surface area (Å²) in [4.78, 5) is 0. The molecule has 90 valence electrons. The number of nitrogens with one attached hydrogen (secondary N) is 2. The SMILES string of the molecule is Cc1ccc(F)c(NC(C)c2ccn[nH]2)c1F. The molecule has 1 unspecified atom stereocenters. The van der Waals surface area contributed by atoms with E-state index < -0.39 is 11.6 Å². The molecule has 2 N–H and O–H groups in total. The molecule has 0 spiro atoms. The van der Waals surface area contributed by atoms with E-state index in [0.29, 0.717) is 5.56 Å². The van der Waals surface area contributed by atoms with Crippen molar-refractivity contribution in [1.82, 2.24) is 10.2 Å². The molecule has 0 aliphatic rings. The quantitative estimate of drug-likeness (QED) is 0.860. The van der Waals surface area contributed by atoms with Gasteiger partial charge in [-0.2, -0.15) is 5.10 Å². The second-order valence-corrected chi connectivity index (χ2v) is 3.93. The van der Waals surface area contributed by atoms with Gasteiger partial charge in [0, 0.05) is 6.20 Å². The predicted molar refractivity (Wildman–Crippen MR) is 61.7 cm³/mol. The monoisotopic (exact) mass is 237 g/mol. The minimum absolute atomic E-state index is 0.105. The van der Waals surface area contributed by atoms with E-state index in [1.807, 2.05) is 0 Å². The zero-order valence-electron chi connectivity index (χ0n) is 9.59. The lowest BCUT2D eigenvalue weighted by Crippen LogP contribution is -2.10. The molecule has 1 aromatic heterocycles. The Morgan fingerprint density at radius 2 is 2.06 bits per heavy atom. The second kappa shape index (κ2) is 4.53. The first-order valence-corrected chi connectivity index (χ1v) is 5.30. The Morgan fingerprint density at radius 1 is 1.29 bits per heavy atom.